The van der Waals surface area contributed by atoms with Gasteiger partial charge in [-0.1, -0.05) is 13.3 Å². The quantitative estimate of drug-likeness (QED) is 0.614. The van der Waals surface area contributed by atoms with E-state index in [2.05, 4.69) is 27.2 Å². The molecule has 1 fully saturated rings. The molecule has 1 atom stereocenters. The fourth-order valence-electron chi connectivity index (χ4n) is 2.47. The van der Waals surface area contributed by atoms with Crippen molar-refractivity contribution in [1.29, 1.82) is 0 Å². The molecule has 2 heterocycles. The van der Waals surface area contributed by atoms with Crippen molar-refractivity contribution in [3.05, 3.63) is 11.9 Å². The third-order valence-corrected chi connectivity index (χ3v) is 3.28. The highest BCUT2D eigenvalue weighted by molar-refractivity contribution is 5.49. The summed E-state index contributed by atoms with van der Waals surface area (Å²) in [5.74, 6) is 8.65. The lowest BCUT2D eigenvalue weighted by atomic mass is 10.0. The first kappa shape index (κ1) is 12.1. The van der Waals surface area contributed by atoms with Gasteiger partial charge in [0, 0.05) is 19.2 Å². The molecule has 0 saturated carbocycles. The van der Waals surface area contributed by atoms with E-state index in [4.69, 9.17) is 5.84 Å². The Morgan fingerprint density at radius 2 is 2.35 bits per heavy atom. The van der Waals surface area contributed by atoms with E-state index in [9.17, 15) is 0 Å². The Morgan fingerprint density at radius 3 is 3.06 bits per heavy atom. The summed E-state index contributed by atoms with van der Waals surface area (Å²) in [6, 6.07) is 1.92. The van der Waals surface area contributed by atoms with Crippen molar-refractivity contribution in [3.63, 3.8) is 0 Å². The van der Waals surface area contributed by atoms with E-state index in [1.165, 1.54) is 19.3 Å². The van der Waals surface area contributed by atoms with Crippen LogP contribution in [0.5, 0.6) is 0 Å². The van der Waals surface area contributed by atoms with Gasteiger partial charge < -0.3 is 10.3 Å². The molecule has 1 aliphatic rings. The lowest BCUT2D eigenvalue weighted by molar-refractivity contribution is 0.529. The number of hydrogen-bond donors (Lipinski definition) is 2. The molecule has 1 unspecified atom stereocenters. The van der Waals surface area contributed by atoms with E-state index in [-0.39, 0.29) is 0 Å². The maximum atomic E-state index is 5.40. The summed E-state index contributed by atoms with van der Waals surface area (Å²) in [6.07, 6.45) is 3.84. The highest BCUT2D eigenvalue weighted by Gasteiger charge is 2.23. The topological polar surface area (TPSA) is 67.1 Å². The molecule has 1 aromatic rings. The Morgan fingerprint density at radius 1 is 1.53 bits per heavy atom. The zero-order valence-electron chi connectivity index (χ0n) is 10.6. The molecule has 5 heteroatoms. The van der Waals surface area contributed by atoms with Crippen molar-refractivity contribution in [2.45, 2.75) is 33.1 Å². The van der Waals surface area contributed by atoms with Crippen LogP contribution in [0.1, 0.15) is 32.0 Å². The number of hydrogen-bond acceptors (Lipinski definition) is 5. The third-order valence-electron chi connectivity index (χ3n) is 3.28. The number of anilines is 2. The molecule has 94 valence electrons. The van der Waals surface area contributed by atoms with E-state index in [1.54, 1.807) is 0 Å². The maximum absolute atomic E-state index is 5.40. The zero-order valence-corrected chi connectivity index (χ0v) is 10.6. The predicted octanol–water partition coefficient (Wildman–Crippen LogP) is 1.70. The average molecular weight is 235 g/mol. The number of nitrogen functional groups attached to an aromatic ring is 1. The molecule has 3 N–H and O–H groups in total. The summed E-state index contributed by atoms with van der Waals surface area (Å²) in [6.45, 7) is 6.33. The molecular formula is C12H21N5. The molecule has 0 bridgehead atoms. The van der Waals surface area contributed by atoms with Crippen LogP contribution in [0.4, 0.5) is 11.6 Å². The van der Waals surface area contributed by atoms with Gasteiger partial charge in [0.1, 0.15) is 17.5 Å². The first-order valence-electron chi connectivity index (χ1n) is 6.30. The predicted molar refractivity (Wildman–Crippen MR) is 69.8 cm³/mol. The van der Waals surface area contributed by atoms with Crippen LogP contribution in [-0.4, -0.2) is 23.1 Å². The number of hydrazine groups is 1. The molecule has 0 aromatic carbocycles. The van der Waals surface area contributed by atoms with Crippen molar-refractivity contribution >= 4 is 11.6 Å². The van der Waals surface area contributed by atoms with Crippen LogP contribution in [0, 0.1) is 12.8 Å². The minimum Gasteiger partial charge on any atom is -0.356 e. The molecule has 0 radical (unpaired) electrons. The summed E-state index contributed by atoms with van der Waals surface area (Å²) in [7, 11) is 0. The van der Waals surface area contributed by atoms with Crippen LogP contribution in [-0.2, 0) is 0 Å². The fourth-order valence-corrected chi connectivity index (χ4v) is 2.47. The van der Waals surface area contributed by atoms with Crippen molar-refractivity contribution in [3.8, 4) is 0 Å². The SMILES string of the molecule is CCCC1CCN(c2cc(NN)nc(C)n2)C1. The molecular weight excluding hydrogens is 214 g/mol. The normalized spacial score (nSPS) is 19.7. The number of aromatic nitrogens is 2. The van der Waals surface area contributed by atoms with Crippen molar-refractivity contribution in [2.24, 2.45) is 11.8 Å². The summed E-state index contributed by atoms with van der Waals surface area (Å²) in [5.41, 5.74) is 2.59. The lowest BCUT2D eigenvalue weighted by Crippen LogP contribution is -2.22. The number of nitrogens with two attached hydrogens (primary N) is 1. The van der Waals surface area contributed by atoms with Crippen LogP contribution in [0.25, 0.3) is 0 Å². The number of aryl methyl sites for hydroxylation is 1. The molecule has 1 aliphatic heterocycles. The summed E-state index contributed by atoms with van der Waals surface area (Å²) >= 11 is 0. The first-order chi connectivity index (χ1) is 8.22. The highest BCUT2D eigenvalue weighted by Crippen LogP contribution is 2.26. The molecule has 1 saturated heterocycles. The number of rotatable bonds is 4. The maximum Gasteiger partial charge on any atom is 0.145 e. The smallest absolute Gasteiger partial charge is 0.145 e. The summed E-state index contributed by atoms with van der Waals surface area (Å²) < 4.78 is 0. The molecule has 0 aliphatic carbocycles. The van der Waals surface area contributed by atoms with E-state index in [0.717, 1.165) is 30.6 Å². The van der Waals surface area contributed by atoms with Gasteiger partial charge in [-0.15, -0.1) is 0 Å². The van der Waals surface area contributed by atoms with Crippen molar-refractivity contribution < 1.29 is 0 Å². The Labute approximate surface area is 102 Å². The van der Waals surface area contributed by atoms with Crippen LogP contribution < -0.4 is 16.2 Å². The molecule has 2 rings (SSSR count). The number of nitrogens with zero attached hydrogens (tertiary/aromatic N) is 3. The third kappa shape index (κ3) is 2.85. The zero-order chi connectivity index (χ0) is 12.3. The lowest BCUT2D eigenvalue weighted by Gasteiger charge is -2.18. The molecule has 0 spiro atoms. The van der Waals surface area contributed by atoms with Crippen molar-refractivity contribution in [2.75, 3.05) is 23.4 Å². The van der Waals surface area contributed by atoms with E-state index in [1.807, 2.05) is 13.0 Å². The fraction of sp³-hybridized carbons (Fsp3) is 0.667. The van der Waals surface area contributed by atoms with Gasteiger partial charge in [-0.3, -0.25) is 0 Å². The second-order valence-corrected chi connectivity index (χ2v) is 4.69. The van der Waals surface area contributed by atoms with Crippen LogP contribution in [0.3, 0.4) is 0 Å². The summed E-state index contributed by atoms with van der Waals surface area (Å²) in [5, 5.41) is 0. The Kier molecular flexibility index (Phi) is 3.78. The first-order valence-corrected chi connectivity index (χ1v) is 6.30. The molecule has 1 aromatic heterocycles. The standard InChI is InChI=1S/C12H21N5/c1-3-4-10-5-6-17(8-10)12-7-11(16-13)14-9(2)15-12/h7,10H,3-6,8,13H2,1-2H3,(H,14,15,16). The molecule has 0 amide bonds. The van der Waals surface area contributed by atoms with E-state index in [0.29, 0.717) is 5.82 Å². The van der Waals surface area contributed by atoms with Crippen molar-refractivity contribution in [1.82, 2.24) is 9.97 Å². The summed E-state index contributed by atoms with van der Waals surface area (Å²) in [4.78, 5) is 11.0. The Hall–Kier alpha value is -1.36. The minimum atomic E-state index is 0.687. The minimum absolute atomic E-state index is 0.687. The largest absolute Gasteiger partial charge is 0.356 e. The number of nitrogens with one attached hydrogen (secondary N) is 1. The highest BCUT2D eigenvalue weighted by atomic mass is 15.3. The van der Waals surface area contributed by atoms with Crippen LogP contribution >= 0.6 is 0 Å². The Balaban J connectivity index is 2.10. The van der Waals surface area contributed by atoms with Gasteiger partial charge in [-0.2, -0.15) is 0 Å². The second-order valence-electron chi connectivity index (χ2n) is 4.69. The molecule has 17 heavy (non-hydrogen) atoms. The Bertz CT molecular complexity index is 379. The van der Waals surface area contributed by atoms with Crippen LogP contribution in [0.2, 0.25) is 0 Å². The van der Waals surface area contributed by atoms with Gasteiger partial charge in [0.25, 0.3) is 0 Å². The van der Waals surface area contributed by atoms with Gasteiger partial charge in [0.15, 0.2) is 0 Å². The average Bonchev–Trinajstić information content (AvgIpc) is 2.77. The van der Waals surface area contributed by atoms with Gasteiger partial charge in [0.2, 0.25) is 0 Å². The van der Waals surface area contributed by atoms with Gasteiger partial charge >= 0.3 is 0 Å². The van der Waals surface area contributed by atoms with E-state index >= 15 is 0 Å². The van der Waals surface area contributed by atoms with Gasteiger partial charge in [0.05, 0.1) is 0 Å². The second kappa shape index (κ2) is 5.31. The monoisotopic (exact) mass is 235 g/mol. The van der Waals surface area contributed by atoms with Gasteiger partial charge in [-0.05, 0) is 25.7 Å². The molecule has 5 nitrogen and oxygen atoms in total. The van der Waals surface area contributed by atoms with Crippen LogP contribution in [0.15, 0.2) is 6.07 Å². The van der Waals surface area contributed by atoms with Gasteiger partial charge in [-0.25, -0.2) is 15.8 Å². The van der Waals surface area contributed by atoms with E-state index < -0.39 is 0 Å².